The van der Waals surface area contributed by atoms with Crippen molar-refractivity contribution in [2.45, 2.75) is 26.5 Å². The maximum atomic E-state index is 12.8. The molecule has 1 aliphatic heterocycles. The van der Waals surface area contributed by atoms with Gasteiger partial charge in [-0.2, -0.15) is 10.1 Å². The number of nitrogens with one attached hydrogen (secondary N) is 1. The Morgan fingerprint density at radius 2 is 2.03 bits per heavy atom. The number of anilines is 1. The smallest absolute Gasteiger partial charge is 0.338 e. The number of aryl methyl sites for hydroxylation is 1. The molecule has 1 aliphatic rings. The van der Waals surface area contributed by atoms with Gasteiger partial charge in [-0.25, -0.2) is 9.48 Å². The lowest BCUT2D eigenvalue weighted by atomic mass is 9.96. The van der Waals surface area contributed by atoms with E-state index in [0.717, 1.165) is 16.9 Å². The molecule has 3 aromatic rings. The first-order valence-corrected chi connectivity index (χ1v) is 10.0. The van der Waals surface area contributed by atoms with Crippen molar-refractivity contribution in [1.82, 2.24) is 14.8 Å². The quantitative estimate of drug-likeness (QED) is 0.460. The standard InChI is InChI=1S/C24H24N4O3/c1-4-12-30-23(29)21-17(3)27-24-25-15-26-28(24)22(21)19-8-10-20(11-9-19)31-14-18-7-5-6-16(2)13-18/h4-11,13,15,22H,1,12,14H2,2-3H3,(H,25,26,27). The Morgan fingerprint density at radius 1 is 1.23 bits per heavy atom. The third-order valence-corrected chi connectivity index (χ3v) is 5.03. The molecule has 2 aromatic carbocycles. The highest BCUT2D eigenvalue weighted by Gasteiger charge is 2.34. The van der Waals surface area contributed by atoms with Gasteiger partial charge in [0.05, 0.1) is 5.57 Å². The summed E-state index contributed by atoms with van der Waals surface area (Å²) in [5.74, 6) is 0.896. The van der Waals surface area contributed by atoms with Crippen LogP contribution in [0.4, 0.5) is 5.95 Å². The number of carbonyl (C=O) groups excluding carboxylic acids is 1. The number of hydrogen-bond donors (Lipinski definition) is 1. The van der Waals surface area contributed by atoms with Crippen LogP contribution < -0.4 is 10.1 Å². The van der Waals surface area contributed by atoms with Gasteiger partial charge in [0, 0.05) is 5.70 Å². The summed E-state index contributed by atoms with van der Waals surface area (Å²) in [5, 5.41) is 7.44. The summed E-state index contributed by atoms with van der Waals surface area (Å²) in [6.45, 7) is 8.11. The lowest BCUT2D eigenvalue weighted by molar-refractivity contribution is -0.138. The van der Waals surface area contributed by atoms with Gasteiger partial charge in [0.2, 0.25) is 5.95 Å². The van der Waals surface area contributed by atoms with Gasteiger partial charge in [0.1, 0.15) is 31.3 Å². The highest BCUT2D eigenvalue weighted by atomic mass is 16.5. The van der Waals surface area contributed by atoms with Gasteiger partial charge in [-0.1, -0.05) is 54.6 Å². The van der Waals surface area contributed by atoms with Gasteiger partial charge in [-0.15, -0.1) is 0 Å². The molecule has 0 saturated heterocycles. The summed E-state index contributed by atoms with van der Waals surface area (Å²) in [6, 6.07) is 15.4. The number of fused-ring (bicyclic) bond motifs is 1. The van der Waals surface area contributed by atoms with Crippen LogP contribution in [-0.4, -0.2) is 27.3 Å². The van der Waals surface area contributed by atoms with Crippen molar-refractivity contribution in [2.24, 2.45) is 0 Å². The molecule has 0 radical (unpaired) electrons. The number of allylic oxidation sites excluding steroid dienone is 1. The van der Waals surface area contributed by atoms with E-state index in [-0.39, 0.29) is 6.61 Å². The number of carbonyl (C=O) groups is 1. The molecule has 4 rings (SSSR count). The van der Waals surface area contributed by atoms with Crippen molar-refractivity contribution in [1.29, 1.82) is 0 Å². The molecule has 31 heavy (non-hydrogen) atoms. The zero-order valence-corrected chi connectivity index (χ0v) is 17.5. The van der Waals surface area contributed by atoms with Crippen LogP contribution in [0.1, 0.15) is 29.7 Å². The minimum atomic E-state index is -0.457. The Kier molecular flexibility index (Phi) is 5.84. The lowest BCUT2D eigenvalue weighted by Gasteiger charge is -2.28. The van der Waals surface area contributed by atoms with Gasteiger partial charge in [-0.3, -0.25) is 0 Å². The zero-order valence-electron chi connectivity index (χ0n) is 17.5. The van der Waals surface area contributed by atoms with E-state index in [1.54, 1.807) is 10.8 Å². The number of benzene rings is 2. The van der Waals surface area contributed by atoms with Crippen LogP contribution in [0.25, 0.3) is 0 Å². The largest absolute Gasteiger partial charge is 0.489 e. The van der Waals surface area contributed by atoms with Crippen LogP contribution in [0, 0.1) is 6.92 Å². The highest BCUT2D eigenvalue weighted by molar-refractivity contribution is 5.92. The SMILES string of the molecule is C=CCOC(=O)C1=C(C)Nc2ncnn2C1c1ccc(OCc2cccc(C)c2)cc1. The van der Waals surface area contributed by atoms with E-state index >= 15 is 0 Å². The fraction of sp³-hybridized carbons (Fsp3) is 0.208. The number of nitrogens with zero attached hydrogens (tertiary/aromatic N) is 3. The first-order chi connectivity index (χ1) is 15.1. The second-order valence-corrected chi connectivity index (χ2v) is 7.33. The minimum absolute atomic E-state index is 0.137. The number of aromatic nitrogens is 3. The second kappa shape index (κ2) is 8.87. The Bertz CT molecular complexity index is 1130. The summed E-state index contributed by atoms with van der Waals surface area (Å²) in [4.78, 5) is 17.0. The van der Waals surface area contributed by atoms with Gasteiger partial charge in [0.25, 0.3) is 0 Å². The molecule has 0 saturated carbocycles. The van der Waals surface area contributed by atoms with Crippen LogP contribution >= 0.6 is 0 Å². The topological polar surface area (TPSA) is 78.3 Å². The third kappa shape index (κ3) is 4.35. The predicted molar refractivity (Wildman–Crippen MR) is 118 cm³/mol. The van der Waals surface area contributed by atoms with Gasteiger partial charge < -0.3 is 14.8 Å². The normalized spacial score (nSPS) is 15.1. The first kappa shape index (κ1) is 20.4. The number of ether oxygens (including phenoxy) is 2. The van der Waals surface area contributed by atoms with E-state index in [4.69, 9.17) is 9.47 Å². The summed E-state index contributed by atoms with van der Waals surface area (Å²) in [5.41, 5.74) is 4.35. The Morgan fingerprint density at radius 3 is 2.77 bits per heavy atom. The molecule has 1 aromatic heterocycles. The average Bonchev–Trinajstić information content (AvgIpc) is 3.23. The molecule has 7 nitrogen and oxygen atoms in total. The Balaban J connectivity index is 1.59. The van der Waals surface area contributed by atoms with E-state index in [2.05, 4.69) is 41.0 Å². The van der Waals surface area contributed by atoms with Crippen LogP contribution in [0.2, 0.25) is 0 Å². The maximum Gasteiger partial charge on any atom is 0.338 e. The van der Waals surface area contributed by atoms with Crippen molar-refractivity contribution in [3.05, 3.63) is 95.5 Å². The van der Waals surface area contributed by atoms with E-state index < -0.39 is 12.0 Å². The lowest BCUT2D eigenvalue weighted by Crippen LogP contribution is -2.29. The molecule has 7 heteroatoms. The molecular formula is C24H24N4O3. The van der Waals surface area contributed by atoms with Crippen molar-refractivity contribution in [2.75, 3.05) is 11.9 Å². The molecule has 2 heterocycles. The molecule has 0 bridgehead atoms. The van der Waals surface area contributed by atoms with E-state index in [9.17, 15) is 4.79 Å². The summed E-state index contributed by atoms with van der Waals surface area (Å²) in [7, 11) is 0. The van der Waals surface area contributed by atoms with Crippen LogP contribution in [0.3, 0.4) is 0 Å². The molecule has 1 atom stereocenters. The maximum absolute atomic E-state index is 12.8. The molecule has 1 N–H and O–H groups in total. The Hall–Kier alpha value is -3.87. The summed E-state index contributed by atoms with van der Waals surface area (Å²) < 4.78 is 12.9. The first-order valence-electron chi connectivity index (χ1n) is 10.0. The van der Waals surface area contributed by atoms with Crippen molar-refractivity contribution in [3.63, 3.8) is 0 Å². The number of esters is 1. The van der Waals surface area contributed by atoms with Gasteiger partial charge >= 0.3 is 5.97 Å². The molecular weight excluding hydrogens is 392 g/mol. The van der Waals surface area contributed by atoms with E-state index in [1.807, 2.05) is 43.3 Å². The minimum Gasteiger partial charge on any atom is -0.489 e. The van der Waals surface area contributed by atoms with Crippen molar-refractivity contribution < 1.29 is 14.3 Å². The van der Waals surface area contributed by atoms with Gasteiger partial charge in [0.15, 0.2) is 0 Å². The summed E-state index contributed by atoms with van der Waals surface area (Å²) >= 11 is 0. The van der Waals surface area contributed by atoms with Crippen molar-refractivity contribution >= 4 is 11.9 Å². The second-order valence-electron chi connectivity index (χ2n) is 7.33. The molecule has 0 amide bonds. The number of rotatable bonds is 7. The molecule has 158 valence electrons. The monoisotopic (exact) mass is 416 g/mol. The third-order valence-electron chi connectivity index (χ3n) is 5.03. The van der Waals surface area contributed by atoms with Crippen molar-refractivity contribution in [3.8, 4) is 5.75 Å². The molecule has 0 spiro atoms. The van der Waals surface area contributed by atoms with Crippen LogP contribution in [0.5, 0.6) is 5.75 Å². The molecule has 1 unspecified atom stereocenters. The Labute approximate surface area is 181 Å². The fourth-order valence-corrected chi connectivity index (χ4v) is 3.59. The van der Waals surface area contributed by atoms with E-state index in [0.29, 0.717) is 23.8 Å². The van der Waals surface area contributed by atoms with Crippen LogP contribution in [-0.2, 0) is 16.1 Å². The zero-order chi connectivity index (χ0) is 21.8. The van der Waals surface area contributed by atoms with Gasteiger partial charge in [-0.05, 0) is 37.1 Å². The highest BCUT2D eigenvalue weighted by Crippen LogP contribution is 2.35. The molecule has 0 aliphatic carbocycles. The average molecular weight is 416 g/mol. The number of hydrogen-bond acceptors (Lipinski definition) is 6. The van der Waals surface area contributed by atoms with E-state index in [1.165, 1.54) is 11.9 Å². The summed E-state index contributed by atoms with van der Waals surface area (Å²) in [6.07, 6.45) is 3.00. The van der Waals surface area contributed by atoms with Crippen LogP contribution in [0.15, 0.2) is 78.8 Å². The predicted octanol–water partition coefficient (Wildman–Crippen LogP) is 4.18. The fourth-order valence-electron chi connectivity index (χ4n) is 3.59. The molecule has 0 fully saturated rings.